The van der Waals surface area contributed by atoms with Crippen molar-refractivity contribution < 1.29 is 8.42 Å². The number of primary sulfonamides is 1. The number of rotatable bonds is 5. The number of anilines is 2. The summed E-state index contributed by atoms with van der Waals surface area (Å²) < 4.78 is 23.0. The van der Waals surface area contributed by atoms with Crippen LogP contribution in [0.2, 0.25) is 0 Å². The molecular formula is C13H19N3O2S. The van der Waals surface area contributed by atoms with Crippen molar-refractivity contribution in [1.82, 2.24) is 0 Å². The van der Waals surface area contributed by atoms with E-state index in [1.807, 2.05) is 6.07 Å². The topological polar surface area (TPSA) is 89.4 Å². The molecule has 0 aromatic heterocycles. The van der Waals surface area contributed by atoms with Crippen LogP contribution >= 0.6 is 0 Å². The Bertz CT molecular complexity index is 592. The quantitative estimate of drug-likeness (QED) is 0.796. The van der Waals surface area contributed by atoms with Gasteiger partial charge in [-0.3, -0.25) is 0 Å². The largest absolute Gasteiger partial charge is 0.399 e. The van der Waals surface area contributed by atoms with Crippen LogP contribution in [0.15, 0.2) is 23.1 Å². The Morgan fingerprint density at radius 2 is 1.84 bits per heavy atom. The van der Waals surface area contributed by atoms with Gasteiger partial charge < -0.3 is 10.6 Å². The van der Waals surface area contributed by atoms with Gasteiger partial charge in [-0.15, -0.1) is 0 Å². The molecule has 4 N–H and O–H groups in total. The fourth-order valence-corrected chi connectivity index (χ4v) is 2.95. The zero-order valence-electron chi connectivity index (χ0n) is 10.7. The summed E-state index contributed by atoms with van der Waals surface area (Å²) in [5.41, 5.74) is 7.15. The molecule has 2 fully saturated rings. The van der Waals surface area contributed by atoms with Crippen molar-refractivity contribution in [3.05, 3.63) is 18.2 Å². The molecule has 0 heterocycles. The lowest BCUT2D eigenvalue weighted by Crippen LogP contribution is -2.28. The van der Waals surface area contributed by atoms with Gasteiger partial charge in [-0.25, -0.2) is 13.6 Å². The highest BCUT2D eigenvalue weighted by molar-refractivity contribution is 7.89. The van der Waals surface area contributed by atoms with Crippen molar-refractivity contribution in [2.24, 2.45) is 11.1 Å². The van der Waals surface area contributed by atoms with E-state index in [1.165, 1.54) is 31.7 Å². The normalized spacial score (nSPS) is 19.4. The molecule has 19 heavy (non-hydrogen) atoms. The molecule has 0 amide bonds. The Labute approximate surface area is 113 Å². The molecule has 0 saturated heterocycles. The van der Waals surface area contributed by atoms with Gasteiger partial charge in [0.25, 0.3) is 0 Å². The zero-order chi connectivity index (χ0) is 13.6. The SMILES string of the molecule is Nc1cc(N(CC2CC2)C2CC2)cc(S(N)(=O)=O)c1. The van der Waals surface area contributed by atoms with Gasteiger partial charge in [0.05, 0.1) is 4.90 Å². The third-order valence-electron chi connectivity index (χ3n) is 3.71. The van der Waals surface area contributed by atoms with E-state index in [1.54, 1.807) is 6.07 Å². The second-order valence-corrected chi connectivity index (χ2v) is 7.19. The summed E-state index contributed by atoms with van der Waals surface area (Å²) in [6, 6.07) is 5.44. The maximum absolute atomic E-state index is 11.5. The fraction of sp³-hybridized carbons (Fsp3) is 0.538. The Hall–Kier alpha value is -1.27. The van der Waals surface area contributed by atoms with Gasteiger partial charge in [0.1, 0.15) is 0 Å². The van der Waals surface area contributed by atoms with E-state index in [4.69, 9.17) is 10.9 Å². The predicted molar refractivity (Wildman–Crippen MR) is 75.3 cm³/mol. The van der Waals surface area contributed by atoms with Gasteiger partial charge in [-0.1, -0.05) is 0 Å². The van der Waals surface area contributed by atoms with E-state index >= 15 is 0 Å². The molecule has 6 heteroatoms. The van der Waals surface area contributed by atoms with Crippen molar-refractivity contribution in [1.29, 1.82) is 0 Å². The van der Waals surface area contributed by atoms with E-state index < -0.39 is 10.0 Å². The Morgan fingerprint density at radius 3 is 2.37 bits per heavy atom. The zero-order valence-corrected chi connectivity index (χ0v) is 11.6. The third kappa shape index (κ3) is 3.01. The first-order chi connectivity index (χ1) is 8.93. The summed E-state index contributed by atoms with van der Waals surface area (Å²) >= 11 is 0. The molecule has 2 aliphatic carbocycles. The van der Waals surface area contributed by atoms with Crippen LogP contribution in [0.5, 0.6) is 0 Å². The number of sulfonamides is 1. The van der Waals surface area contributed by atoms with Gasteiger partial charge in [-0.2, -0.15) is 0 Å². The van der Waals surface area contributed by atoms with Gasteiger partial charge in [-0.05, 0) is 49.8 Å². The summed E-state index contributed by atoms with van der Waals surface area (Å²) in [7, 11) is -3.71. The minimum atomic E-state index is -3.71. The van der Waals surface area contributed by atoms with Crippen LogP contribution < -0.4 is 15.8 Å². The molecule has 1 aromatic carbocycles. The second-order valence-electron chi connectivity index (χ2n) is 5.63. The van der Waals surface area contributed by atoms with Gasteiger partial charge in [0.2, 0.25) is 10.0 Å². The fourth-order valence-electron chi connectivity index (χ4n) is 2.37. The van der Waals surface area contributed by atoms with Gasteiger partial charge >= 0.3 is 0 Å². The lowest BCUT2D eigenvalue weighted by molar-refractivity contribution is 0.597. The molecule has 0 radical (unpaired) electrons. The summed E-state index contributed by atoms with van der Waals surface area (Å²) in [6.45, 7) is 0.998. The highest BCUT2D eigenvalue weighted by Crippen LogP contribution is 2.38. The summed E-state index contributed by atoms with van der Waals surface area (Å²) in [5, 5.41) is 5.20. The molecule has 0 unspecified atom stereocenters. The molecule has 0 spiro atoms. The summed E-state index contributed by atoms with van der Waals surface area (Å²) in [6.07, 6.45) is 4.89. The average molecular weight is 281 g/mol. The monoisotopic (exact) mass is 281 g/mol. The van der Waals surface area contributed by atoms with Crippen LogP contribution in [-0.4, -0.2) is 21.0 Å². The molecule has 5 nitrogen and oxygen atoms in total. The second kappa shape index (κ2) is 4.38. The van der Waals surface area contributed by atoms with Crippen LogP contribution in [0.4, 0.5) is 11.4 Å². The highest BCUT2D eigenvalue weighted by atomic mass is 32.2. The van der Waals surface area contributed by atoms with Crippen LogP contribution in [0, 0.1) is 5.92 Å². The average Bonchev–Trinajstić information content (AvgIpc) is 3.17. The van der Waals surface area contributed by atoms with E-state index in [0.29, 0.717) is 11.7 Å². The van der Waals surface area contributed by atoms with Crippen molar-refractivity contribution in [3.8, 4) is 0 Å². The predicted octanol–water partition coefficient (Wildman–Crippen LogP) is 1.29. The number of hydrogen-bond acceptors (Lipinski definition) is 4. The number of nitrogen functional groups attached to an aromatic ring is 1. The lowest BCUT2D eigenvalue weighted by Gasteiger charge is -2.25. The number of nitrogens with zero attached hydrogens (tertiary/aromatic N) is 1. The molecule has 3 rings (SSSR count). The summed E-state index contributed by atoms with van der Waals surface area (Å²) in [5.74, 6) is 0.750. The van der Waals surface area contributed by atoms with Crippen molar-refractivity contribution >= 4 is 21.4 Å². The van der Waals surface area contributed by atoms with Crippen molar-refractivity contribution in [2.75, 3.05) is 17.2 Å². The van der Waals surface area contributed by atoms with Crippen LogP contribution in [0.1, 0.15) is 25.7 Å². The summed E-state index contributed by atoms with van der Waals surface area (Å²) in [4.78, 5) is 2.40. The molecule has 2 saturated carbocycles. The van der Waals surface area contributed by atoms with Crippen LogP contribution in [0.25, 0.3) is 0 Å². The number of nitrogens with two attached hydrogens (primary N) is 2. The Morgan fingerprint density at radius 1 is 1.16 bits per heavy atom. The maximum Gasteiger partial charge on any atom is 0.238 e. The Kier molecular flexibility index (Phi) is 2.94. The number of hydrogen-bond donors (Lipinski definition) is 2. The van der Waals surface area contributed by atoms with E-state index in [-0.39, 0.29) is 4.90 Å². The molecule has 2 aliphatic rings. The molecule has 1 aromatic rings. The molecule has 0 aliphatic heterocycles. The molecular weight excluding hydrogens is 262 g/mol. The highest BCUT2D eigenvalue weighted by Gasteiger charge is 2.34. The molecule has 0 atom stereocenters. The maximum atomic E-state index is 11.5. The van der Waals surface area contributed by atoms with E-state index in [9.17, 15) is 8.42 Å². The first kappa shape index (κ1) is 12.7. The van der Waals surface area contributed by atoms with E-state index in [0.717, 1.165) is 18.2 Å². The first-order valence-corrected chi connectivity index (χ1v) is 8.18. The van der Waals surface area contributed by atoms with Crippen LogP contribution in [0.3, 0.4) is 0 Å². The third-order valence-corrected chi connectivity index (χ3v) is 4.61. The van der Waals surface area contributed by atoms with Crippen LogP contribution in [-0.2, 0) is 10.0 Å². The van der Waals surface area contributed by atoms with Gasteiger partial charge in [0.15, 0.2) is 0 Å². The smallest absolute Gasteiger partial charge is 0.238 e. The molecule has 104 valence electrons. The van der Waals surface area contributed by atoms with Crippen molar-refractivity contribution in [3.63, 3.8) is 0 Å². The minimum Gasteiger partial charge on any atom is -0.399 e. The number of benzene rings is 1. The van der Waals surface area contributed by atoms with Gasteiger partial charge in [0, 0.05) is 24.0 Å². The van der Waals surface area contributed by atoms with Crippen molar-refractivity contribution in [2.45, 2.75) is 36.6 Å². The standard InChI is InChI=1S/C13H19N3O2S/c14-10-5-12(7-13(6-10)19(15,17)18)16(11-3-4-11)8-9-1-2-9/h5-7,9,11H,1-4,8,14H2,(H2,15,17,18). The lowest BCUT2D eigenvalue weighted by atomic mass is 10.2. The Balaban J connectivity index is 1.95. The first-order valence-electron chi connectivity index (χ1n) is 6.63. The van der Waals surface area contributed by atoms with E-state index in [2.05, 4.69) is 4.90 Å². The molecule has 0 bridgehead atoms. The minimum absolute atomic E-state index is 0.101.